The van der Waals surface area contributed by atoms with Gasteiger partial charge in [0.1, 0.15) is 0 Å². The maximum Gasteiger partial charge on any atom is 0.277 e. The van der Waals surface area contributed by atoms with Crippen molar-refractivity contribution in [1.29, 1.82) is 0 Å². The van der Waals surface area contributed by atoms with Crippen LogP contribution in [0.5, 0.6) is 0 Å². The fourth-order valence-corrected chi connectivity index (χ4v) is 2.32. The first kappa shape index (κ1) is 14.1. The van der Waals surface area contributed by atoms with Gasteiger partial charge >= 0.3 is 0 Å². The summed E-state index contributed by atoms with van der Waals surface area (Å²) in [6.07, 6.45) is 0.745. The zero-order valence-corrected chi connectivity index (χ0v) is 12.7. The van der Waals surface area contributed by atoms with E-state index >= 15 is 0 Å². The summed E-state index contributed by atoms with van der Waals surface area (Å²) >= 11 is 7.20. The van der Waals surface area contributed by atoms with Crippen molar-refractivity contribution in [3.8, 4) is 11.5 Å². The van der Waals surface area contributed by atoms with E-state index in [1.165, 1.54) is 11.8 Å². The van der Waals surface area contributed by atoms with Gasteiger partial charge in [-0.2, -0.15) is 4.98 Å². The maximum absolute atomic E-state index is 5.84. The van der Waals surface area contributed by atoms with E-state index in [0.29, 0.717) is 33.6 Å². The van der Waals surface area contributed by atoms with Gasteiger partial charge < -0.3 is 8.94 Å². The van der Waals surface area contributed by atoms with Gasteiger partial charge in [-0.3, -0.25) is 0 Å². The summed E-state index contributed by atoms with van der Waals surface area (Å²) in [7, 11) is 0. The van der Waals surface area contributed by atoms with Gasteiger partial charge in [-0.05, 0) is 24.3 Å². The second-order valence-electron chi connectivity index (χ2n) is 4.13. The van der Waals surface area contributed by atoms with E-state index in [9.17, 15) is 0 Å². The average Bonchev–Trinajstić information content (AvgIpc) is 3.15. The summed E-state index contributed by atoms with van der Waals surface area (Å²) in [5.74, 6) is 2.19. The lowest BCUT2D eigenvalue weighted by Crippen LogP contribution is -1.84. The molecule has 0 amide bonds. The highest BCUT2D eigenvalue weighted by Gasteiger charge is 2.11. The molecule has 2 heterocycles. The van der Waals surface area contributed by atoms with Crippen LogP contribution in [0.15, 0.2) is 38.4 Å². The molecule has 1 aromatic carbocycles. The van der Waals surface area contributed by atoms with Gasteiger partial charge in [-0.15, -0.1) is 10.2 Å². The molecule has 0 radical (unpaired) electrons. The minimum absolute atomic E-state index is 0.453. The lowest BCUT2D eigenvalue weighted by atomic mass is 10.2. The molecule has 0 N–H and O–H groups in total. The first-order chi connectivity index (χ1) is 10.2. The SMILES string of the molecule is CCc1noc(CSc2nnc(-c3ccc(Cl)cc3)o2)n1. The molecule has 0 atom stereocenters. The Morgan fingerprint density at radius 1 is 1.19 bits per heavy atom. The quantitative estimate of drug-likeness (QED) is 0.664. The topological polar surface area (TPSA) is 77.8 Å². The molecule has 2 aromatic heterocycles. The second kappa shape index (κ2) is 6.28. The van der Waals surface area contributed by atoms with E-state index in [2.05, 4.69) is 20.3 Å². The number of aromatic nitrogens is 4. The van der Waals surface area contributed by atoms with Crippen LogP contribution in [0.3, 0.4) is 0 Å². The second-order valence-corrected chi connectivity index (χ2v) is 5.49. The van der Waals surface area contributed by atoms with E-state index < -0.39 is 0 Å². The van der Waals surface area contributed by atoms with Gasteiger partial charge in [0.05, 0.1) is 5.75 Å². The van der Waals surface area contributed by atoms with Crippen LogP contribution in [0.25, 0.3) is 11.5 Å². The van der Waals surface area contributed by atoms with Crippen LogP contribution in [-0.4, -0.2) is 20.3 Å². The number of benzene rings is 1. The van der Waals surface area contributed by atoms with Crippen LogP contribution >= 0.6 is 23.4 Å². The fourth-order valence-electron chi connectivity index (χ4n) is 1.59. The molecule has 0 aliphatic carbocycles. The van der Waals surface area contributed by atoms with E-state index in [1.54, 1.807) is 12.1 Å². The summed E-state index contributed by atoms with van der Waals surface area (Å²) < 4.78 is 10.7. The molecule has 0 spiro atoms. The Morgan fingerprint density at radius 3 is 2.71 bits per heavy atom. The van der Waals surface area contributed by atoms with Crippen molar-refractivity contribution in [2.45, 2.75) is 24.3 Å². The molecule has 0 bridgehead atoms. The monoisotopic (exact) mass is 322 g/mol. The number of nitrogens with zero attached hydrogens (tertiary/aromatic N) is 4. The normalized spacial score (nSPS) is 11.0. The lowest BCUT2D eigenvalue weighted by Gasteiger charge is -1.94. The van der Waals surface area contributed by atoms with E-state index in [0.717, 1.165) is 12.0 Å². The number of hydrogen-bond acceptors (Lipinski definition) is 7. The molecule has 6 nitrogen and oxygen atoms in total. The van der Waals surface area contributed by atoms with Gasteiger partial charge in [-0.25, -0.2) is 0 Å². The van der Waals surface area contributed by atoms with Crippen LogP contribution in [-0.2, 0) is 12.2 Å². The van der Waals surface area contributed by atoms with Gasteiger partial charge in [0.15, 0.2) is 5.82 Å². The van der Waals surface area contributed by atoms with Gasteiger partial charge in [0.2, 0.25) is 11.8 Å². The third kappa shape index (κ3) is 3.43. The smallest absolute Gasteiger partial charge is 0.277 e. The van der Waals surface area contributed by atoms with Gasteiger partial charge in [0.25, 0.3) is 5.22 Å². The summed E-state index contributed by atoms with van der Waals surface area (Å²) in [5.41, 5.74) is 0.824. The summed E-state index contributed by atoms with van der Waals surface area (Å²) in [6, 6.07) is 7.21. The molecule has 108 valence electrons. The van der Waals surface area contributed by atoms with Crippen molar-refractivity contribution in [3.63, 3.8) is 0 Å². The Labute approximate surface area is 129 Å². The third-order valence-electron chi connectivity index (χ3n) is 2.64. The van der Waals surface area contributed by atoms with Crippen molar-refractivity contribution in [3.05, 3.63) is 41.0 Å². The fraction of sp³-hybridized carbons (Fsp3) is 0.231. The number of halogens is 1. The zero-order valence-electron chi connectivity index (χ0n) is 11.1. The molecular formula is C13H11ClN4O2S. The Bertz CT molecular complexity index is 726. The summed E-state index contributed by atoms with van der Waals surface area (Å²) in [4.78, 5) is 4.22. The van der Waals surface area contributed by atoms with Crippen LogP contribution < -0.4 is 0 Å². The highest BCUT2D eigenvalue weighted by Crippen LogP contribution is 2.26. The molecule has 8 heteroatoms. The Morgan fingerprint density at radius 2 is 2.00 bits per heavy atom. The first-order valence-corrected chi connectivity index (χ1v) is 7.64. The highest BCUT2D eigenvalue weighted by atomic mass is 35.5. The molecule has 0 saturated carbocycles. The molecule has 0 saturated heterocycles. The number of aryl methyl sites for hydroxylation is 1. The Hall–Kier alpha value is -1.86. The summed E-state index contributed by atoms with van der Waals surface area (Å²) in [5, 5.41) is 12.9. The third-order valence-corrected chi connectivity index (χ3v) is 3.70. The minimum atomic E-state index is 0.453. The molecule has 0 unspecified atom stereocenters. The zero-order chi connectivity index (χ0) is 14.7. The van der Waals surface area contributed by atoms with Crippen LogP contribution in [0, 0.1) is 0 Å². The molecule has 0 aliphatic rings. The predicted octanol–water partition coefficient (Wildman–Crippen LogP) is 3.63. The standard InChI is InChI=1S/C13H11ClN4O2S/c1-2-10-15-11(20-18-10)7-21-13-17-16-12(19-13)8-3-5-9(14)6-4-8/h3-6H,2,7H2,1H3. The van der Waals surface area contributed by atoms with Crippen molar-refractivity contribution < 1.29 is 8.94 Å². The first-order valence-electron chi connectivity index (χ1n) is 6.28. The molecule has 3 aromatic rings. The number of thioether (sulfide) groups is 1. The largest absolute Gasteiger partial charge is 0.411 e. The van der Waals surface area contributed by atoms with Crippen LogP contribution in [0.4, 0.5) is 0 Å². The van der Waals surface area contributed by atoms with Gasteiger partial charge in [-0.1, -0.05) is 35.4 Å². The number of hydrogen-bond donors (Lipinski definition) is 0. The lowest BCUT2D eigenvalue weighted by molar-refractivity contribution is 0.384. The number of rotatable bonds is 5. The molecule has 21 heavy (non-hydrogen) atoms. The molecular weight excluding hydrogens is 312 g/mol. The van der Waals surface area contributed by atoms with Crippen molar-refractivity contribution in [2.75, 3.05) is 0 Å². The summed E-state index contributed by atoms with van der Waals surface area (Å²) in [6.45, 7) is 1.97. The van der Waals surface area contributed by atoms with Crippen LogP contribution in [0.2, 0.25) is 5.02 Å². The molecule has 0 aliphatic heterocycles. The van der Waals surface area contributed by atoms with E-state index in [1.807, 2.05) is 19.1 Å². The van der Waals surface area contributed by atoms with Crippen molar-refractivity contribution in [2.24, 2.45) is 0 Å². The van der Waals surface area contributed by atoms with Crippen LogP contribution in [0.1, 0.15) is 18.6 Å². The molecule has 0 fully saturated rings. The van der Waals surface area contributed by atoms with Gasteiger partial charge in [0, 0.05) is 17.0 Å². The minimum Gasteiger partial charge on any atom is -0.411 e. The average molecular weight is 323 g/mol. The van der Waals surface area contributed by atoms with E-state index in [-0.39, 0.29) is 0 Å². The van der Waals surface area contributed by atoms with Crippen molar-refractivity contribution in [1.82, 2.24) is 20.3 Å². The molecule has 3 rings (SSSR count). The Kier molecular flexibility index (Phi) is 4.21. The van der Waals surface area contributed by atoms with E-state index in [4.69, 9.17) is 20.5 Å². The Balaban J connectivity index is 1.66. The maximum atomic E-state index is 5.84. The van der Waals surface area contributed by atoms with Crippen molar-refractivity contribution >= 4 is 23.4 Å². The predicted molar refractivity (Wildman–Crippen MR) is 78.0 cm³/mol. The highest BCUT2D eigenvalue weighted by molar-refractivity contribution is 7.98.